The number of ether oxygens (including phenoxy) is 3. The lowest BCUT2D eigenvalue weighted by Gasteiger charge is -2.23. The molecule has 0 aliphatic carbocycles. The Hall–Kier alpha value is -4.26. The number of aliphatic hydroxyl groups is 2. The molecule has 5 rings (SSSR count). The van der Waals surface area contributed by atoms with Crippen LogP contribution in [0.15, 0.2) is 55.1 Å². The van der Waals surface area contributed by atoms with Gasteiger partial charge in [0.15, 0.2) is 23.2 Å². The average molecular weight is 535 g/mol. The van der Waals surface area contributed by atoms with Crippen molar-refractivity contribution in [1.82, 2.24) is 24.8 Å². The van der Waals surface area contributed by atoms with Gasteiger partial charge in [-0.3, -0.25) is 9.36 Å². The molecule has 4 N–H and O–H groups in total. The number of hydrogen-bond acceptors (Lipinski definition) is 10. The summed E-state index contributed by atoms with van der Waals surface area (Å²) >= 11 is 0. The highest BCUT2D eigenvalue weighted by atomic mass is 16.5. The third-order valence-electron chi connectivity index (χ3n) is 6.64. The van der Waals surface area contributed by atoms with Crippen LogP contribution in [0.5, 0.6) is 11.5 Å². The lowest BCUT2D eigenvalue weighted by atomic mass is 10.1. The predicted octanol–water partition coefficient (Wildman–Crippen LogP) is 1.81. The Morgan fingerprint density at radius 1 is 1.10 bits per heavy atom. The molecule has 0 radical (unpaired) electrons. The smallest absolute Gasteiger partial charge is 0.252 e. The Morgan fingerprint density at radius 3 is 2.56 bits per heavy atom. The van der Waals surface area contributed by atoms with Crippen LogP contribution in [0.3, 0.4) is 0 Å². The van der Waals surface area contributed by atoms with Crippen molar-refractivity contribution in [2.45, 2.75) is 37.9 Å². The summed E-state index contributed by atoms with van der Waals surface area (Å²) in [6, 6.07) is 12.0. The van der Waals surface area contributed by atoms with Gasteiger partial charge in [-0.15, -0.1) is 0 Å². The van der Waals surface area contributed by atoms with Crippen LogP contribution in [0.25, 0.3) is 11.2 Å². The van der Waals surface area contributed by atoms with Gasteiger partial charge in [0, 0.05) is 18.2 Å². The summed E-state index contributed by atoms with van der Waals surface area (Å²) in [6.45, 7) is 2.13. The minimum absolute atomic E-state index is 0.269. The normalized spacial score (nSPS) is 20.6. The van der Waals surface area contributed by atoms with Gasteiger partial charge in [-0.2, -0.15) is 0 Å². The van der Waals surface area contributed by atoms with E-state index in [1.54, 1.807) is 22.8 Å². The highest BCUT2D eigenvalue weighted by Crippen LogP contribution is 2.33. The zero-order valence-electron chi connectivity index (χ0n) is 21.7. The molecule has 4 aromatic rings. The van der Waals surface area contributed by atoms with Crippen LogP contribution in [-0.2, 0) is 11.3 Å². The van der Waals surface area contributed by atoms with Crippen LogP contribution in [-0.4, -0.2) is 74.7 Å². The fraction of sp³-hybridized carbons (Fsp3) is 0.333. The van der Waals surface area contributed by atoms with Gasteiger partial charge in [0.05, 0.1) is 27.2 Å². The number of imidazole rings is 1. The largest absolute Gasteiger partial charge is 0.497 e. The van der Waals surface area contributed by atoms with Crippen molar-refractivity contribution in [2.24, 2.45) is 0 Å². The van der Waals surface area contributed by atoms with E-state index in [-0.39, 0.29) is 5.56 Å². The molecule has 4 atom stereocenters. The first kappa shape index (κ1) is 26.4. The van der Waals surface area contributed by atoms with Crippen LogP contribution in [0.4, 0.5) is 5.82 Å². The standard InChI is InChI=1S/C27H30N6O6/c1-15-5-4-6-16(7-15)11-28-24-22-25(30-13-29-24)33(14-31-22)27-21(23(35)20(12-34)39-27)32-26(36)17-8-18(37-2)10-19(9-17)38-3/h4-10,13-14,20-21,23,27,34-35H,11-12H2,1-3H3,(H,32,36)(H,28,29,30)/t20-,21-,23-,27-/m1/s1. The molecule has 1 fully saturated rings. The molecule has 1 aliphatic rings. The Kier molecular flexibility index (Phi) is 7.59. The first-order valence-electron chi connectivity index (χ1n) is 12.4. The maximum absolute atomic E-state index is 13.2. The second-order valence-corrected chi connectivity index (χ2v) is 9.23. The van der Waals surface area contributed by atoms with Gasteiger partial charge < -0.3 is 35.1 Å². The number of aryl methyl sites for hydroxylation is 1. The molecule has 3 heterocycles. The van der Waals surface area contributed by atoms with Crippen molar-refractivity contribution in [3.05, 3.63) is 71.8 Å². The van der Waals surface area contributed by atoms with Gasteiger partial charge in [0.2, 0.25) is 0 Å². The number of aliphatic hydroxyl groups excluding tert-OH is 2. The minimum atomic E-state index is -1.20. The van der Waals surface area contributed by atoms with Gasteiger partial charge in [-0.25, -0.2) is 15.0 Å². The molecule has 0 bridgehead atoms. The monoisotopic (exact) mass is 534 g/mol. The molecule has 12 nitrogen and oxygen atoms in total. The molecule has 0 unspecified atom stereocenters. The maximum atomic E-state index is 13.2. The number of carbonyl (C=O) groups is 1. The van der Waals surface area contributed by atoms with Crippen LogP contribution in [0, 0.1) is 6.92 Å². The molecule has 1 amide bonds. The Balaban J connectivity index is 1.42. The number of nitrogens with zero attached hydrogens (tertiary/aromatic N) is 4. The number of aromatic nitrogens is 4. The van der Waals surface area contributed by atoms with Crippen LogP contribution < -0.4 is 20.1 Å². The van der Waals surface area contributed by atoms with Gasteiger partial charge in [0.25, 0.3) is 5.91 Å². The molecule has 2 aromatic heterocycles. The second kappa shape index (κ2) is 11.2. The number of amides is 1. The van der Waals surface area contributed by atoms with Crippen molar-refractivity contribution in [2.75, 3.05) is 26.1 Å². The summed E-state index contributed by atoms with van der Waals surface area (Å²) < 4.78 is 18.1. The molecular formula is C27H30N6O6. The fourth-order valence-corrected chi connectivity index (χ4v) is 4.64. The van der Waals surface area contributed by atoms with Gasteiger partial charge >= 0.3 is 0 Å². The number of benzene rings is 2. The zero-order chi connectivity index (χ0) is 27.5. The molecule has 1 aliphatic heterocycles. The SMILES string of the molecule is COc1cc(OC)cc(C(=O)N[C@@H]2[C@H](O)[C@@H](CO)O[C@H]2n2cnc3c(NCc4cccc(C)c4)ncnc32)c1. The van der Waals surface area contributed by atoms with E-state index >= 15 is 0 Å². The summed E-state index contributed by atoms with van der Waals surface area (Å²) in [5.41, 5.74) is 3.45. The van der Waals surface area contributed by atoms with E-state index in [2.05, 4.69) is 31.7 Å². The number of rotatable bonds is 9. The van der Waals surface area contributed by atoms with Crippen LogP contribution in [0.2, 0.25) is 0 Å². The van der Waals surface area contributed by atoms with Crippen LogP contribution >= 0.6 is 0 Å². The van der Waals surface area contributed by atoms with E-state index in [1.807, 2.05) is 25.1 Å². The number of anilines is 1. The van der Waals surface area contributed by atoms with E-state index in [0.717, 1.165) is 11.1 Å². The Morgan fingerprint density at radius 2 is 1.87 bits per heavy atom. The molecule has 0 saturated carbocycles. The van der Waals surface area contributed by atoms with Crippen molar-refractivity contribution in [3.63, 3.8) is 0 Å². The average Bonchev–Trinajstić information content (AvgIpc) is 3.52. The van der Waals surface area contributed by atoms with E-state index in [0.29, 0.717) is 35.0 Å². The predicted molar refractivity (Wildman–Crippen MR) is 142 cm³/mol. The highest BCUT2D eigenvalue weighted by Gasteiger charge is 2.46. The van der Waals surface area contributed by atoms with E-state index < -0.39 is 37.0 Å². The molecule has 12 heteroatoms. The van der Waals surface area contributed by atoms with E-state index in [4.69, 9.17) is 14.2 Å². The number of carbonyl (C=O) groups excluding carboxylic acids is 1. The lowest BCUT2D eigenvalue weighted by Crippen LogP contribution is -2.46. The zero-order valence-corrected chi connectivity index (χ0v) is 21.7. The molecule has 2 aromatic carbocycles. The first-order chi connectivity index (χ1) is 18.9. The number of nitrogens with one attached hydrogen (secondary N) is 2. The molecular weight excluding hydrogens is 504 g/mol. The number of methoxy groups -OCH3 is 2. The Labute approximate surface area is 224 Å². The third-order valence-corrected chi connectivity index (χ3v) is 6.64. The summed E-state index contributed by atoms with van der Waals surface area (Å²) in [6.07, 6.45) is -0.113. The third kappa shape index (κ3) is 5.35. The fourth-order valence-electron chi connectivity index (χ4n) is 4.64. The molecule has 204 valence electrons. The topological polar surface area (TPSA) is 153 Å². The number of hydrogen-bond donors (Lipinski definition) is 4. The van der Waals surface area contributed by atoms with Crippen molar-refractivity contribution in [3.8, 4) is 11.5 Å². The van der Waals surface area contributed by atoms with Crippen LogP contribution in [0.1, 0.15) is 27.7 Å². The summed E-state index contributed by atoms with van der Waals surface area (Å²) in [4.78, 5) is 26.5. The summed E-state index contributed by atoms with van der Waals surface area (Å²) in [5.74, 6) is 0.926. The number of fused-ring (bicyclic) bond motifs is 1. The minimum Gasteiger partial charge on any atom is -0.497 e. The molecule has 0 spiro atoms. The highest BCUT2D eigenvalue weighted by molar-refractivity contribution is 5.95. The maximum Gasteiger partial charge on any atom is 0.252 e. The van der Waals surface area contributed by atoms with Gasteiger partial charge in [-0.05, 0) is 24.6 Å². The quantitative estimate of drug-likeness (QED) is 0.250. The second-order valence-electron chi connectivity index (χ2n) is 9.23. The van der Waals surface area contributed by atoms with E-state index in [1.165, 1.54) is 26.9 Å². The van der Waals surface area contributed by atoms with Gasteiger partial charge in [0.1, 0.15) is 36.1 Å². The lowest BCUT2D eigenvalue weighted by molar-refractivity contribution is -0.0440. The molecule has 39 heavy (non-hydrogen) atoms. The van der Waals surface area contributed by atoms with Crippen molar-refractivity contribution >= 4 is 22.9 Å². The summed E-state index contributed by atoms with van der Waals surface area (Å²) in [7, 11) is 2.98. The van der Waals surface area contributed by atoms with Crippen molar-refractivity contribution < 1.29 is 29.2 Å². The molecule has 1 saturated heterocycles. The van der Waals surface area contributed by atoms with E-state index in [9.17, 15) is 15.0 Å². The van der Waals surface area contributed by atoms with Gasteiger partial charge in [-0.1, -0.05) is 29.8 Å². The Bertz CT molecular complexity index is 1450. The first-order valence-corrected chi connectivity index (χ1v) is 12.4. The van der Waals surface area contributed by atoms with Crippen molar-refractivity contribution in [1.29, 1.82) is 0 Å². The summed E-state index contributed by atoms with van der Waals surface area (Å²) in [5, 5.41) is 26.9.